The summed E-state index contributed by atoms with van der Waals surface area (Å²) in [6, 6.07) is 1.15. The van der Waals surface area contributed by atoms with E-state index in [9.17, 15) is 17.6 Å². The Hall–Kier alpha value is -1.60. The van der Waals surface area contributed by atoms with Gasteiger partial charge in [-0.05, 0) is 24.8 Å². The van der Waals surface area contributed by atoms with Crippen LogP contribution in [0.2, 0.25) is 5.02 Å². The Bertz CT molecular complexity index is 696. The zero-order valence-electron chi connectivity index (χ0n) is 13.3. The van der Waals surface area contributed by atoms with Crippen molar-refractivity contribution in [1.29, 1.82) is 0 Å². The largest absolute Gasteiger partial charge is 0.414 e. The minimum absolute atomic E-state index is 0.202. The van der Waals surface area contributed by atoms with Crippen molar-refractivity contribution >= 4 is 17.3 Å². The number of hydrogen-bond donors (Lipinski definition) is 0. The molecular formula is C17H17ClF4N2O. The van der Waals surface area contributed by atoms with Crippen LogP contribution in [-0.4, -0.2) is 42.4 Å². The molecule has 1 aromatic heterocycles. The third-order valence-corrected chi connectivity index (χ3v) is 4.73. The first-order valence-corrected chi connectivity index (χ1v) is 8.34. The van der Waals surface area contributed by atoms with Crippen molar-refractivity contribution < 1.29 is 22.3 Å². The first-order chi connectivity index (χ1) is 11.8. The summed E-state index contributed by atoms with van der Waals surface area (Å²) >= 11 is 6.10. The van der Waals surface area contributed by atoms with Crippen molar-refractivity contribution in [1.82, 2.24) is 9.88 Å². The van der Waals surface area contributed by atoms with E-state index in [2.05, 4.69) is 4.98 Å². The van der Waals surface area contributed by atoms with Crippen molar-refractivity contribution in [3.05, 3.63) is 46.5 Å². The molecule has 1 aromatic rings. The average molecular weight is 377 g/mol. The Balaban J connectivity index is 1.93. The Kier molecular flexibility index (Phi) is 5.34. The van der Waals surface area contributed by atoms with Gasteiger partial charge in [0.2, 0.25) is 5.95 Å². The highest BCUT2D eigenvalue weighted by Crippen LogP contribution is 2.36. The lowest BCUT2D eigenvalue weighted by atomic mass is 9.97. The monoisotopic (exact) mass is 376 g/mol. The van der Waals surface area contributed by atoms with Crippen molar-refractivity contribution in [2.24, 2.45) is 5.92 Å². The first-order valence-electron chi connectivity index (χ1n) is 7.97. The highest BCUT2D eigenvalue weighted by Gasteiger charge is 2.37. The van der Waals surface area contributed by atoms with E-state index in [1.54, 1.807) is 4.90 Å². The summed E-state index contributed by atoms with van der Waals surface area (Å²) in [6.45, 7) is 1.35. The average Bonchev–Trinajstić information content (AvgIpc) is 2.57. The van der Waals surface area contributed by atoms with Crippen LogP contribution in [0.4, 0.5) is 17.6 Å². The van der Waals surface area contributed by atoms with Crippen LogP contribution in [0.25, 0.3) is 5.70 Å². The number of alkyl halides is 3. The molecule has 136 valence electrons. The van der Waals surface area contributed by atoms with Crippen LogP contribution in [0, 0.1) is 11.9 Å². The van der Waals surface area contributed by atoms with Gasteiger partial charge < -0.3 is 9.64 Å². The maximum Gasteiger partial charge on any atom is 0.414 e. The Morgan fingerprint density at radius 3 is 2.64 bits per heavy atom. The minimum atomic E-state index is -4.40. The van der Waals surface area contributed by atoms with Gasteiger partial charge in [-0.1, -0.05) is 17.7 Å². The highest BCUT2D eigenvalue weighted by atomic mass is 35.5. The summed E-state index contributed by atoms with van der Waals surface area (Å²) in [5.41, 5.74) is 0.193. The van der Waals surface area contributed by atoms with Gasteiger partial charge in [-0.3, -0.25) is 0 Å². The topological polar surface area (TPSA) is 25.4 Å². The van der Waals surface area contributed by atoms with Crippen LogP contribution in [0.3, 0.4) is 0 Å². The molecular weight excluding hydrogens is 360 g/mol. The maximum absolute atomic E-state index is 13.5. The molecule has 3 nitrogen and oxygen atoms in total. The molecule has 0 saturated carbocycles. The number of rotatable bonds is 3. The Labute approximate surface area is 147 Å². The van der Waals surface area contributed by atoms with E-state index in [1.807, 2.05) is 0 Å². The summed E-state index contributed by atoms with van der Waals surface area (Å²) < 4.78 is 58.2. The lowest BCUT2D eigenvalue weighted by molar-refractivity contribution is -0.0953. The first kappa shape index (κ1) is 18.2. The summed E-state index contributed by atoms with van der Waals surface area (Å²) in [4.78, 5) is 5.10. The lowest BCUT2D eigenvalue weighted by Crippen LogP contribution is -2.36. The molecule has 0 bridgehead atoms. The summed E-state index contributed by atoms with van der Waals surface area (Å²) in [7, 11) is 0. The molecule has 0 radical (unpaired) electrons. The molecule has 2 aliphatic rings. The maximum atomic E-state index is 13.5. The number of hydrogen-bond acceptors (Lipinski definition) is 3. The standard InChI is InChI=1S/C17H17ClF4N2O/c18-14-8-23-16(19)7-13(14)15-2-1-12(17(20,21)22)10-24(15)9-11-3-5-25-6-4-11/h1-2,7-8,11H,3-6,9-10H2. The van der Waals surface area contributed by atoms with Crippen LogP contribution in [0.5, 0.6) is 0 Å². The smallest absolute Gasteiger partial charge is 0.381 e. The van der Waals surface area contributed by atoms with Gasteiger partial charge in [-0.25, -0.2) is 4.98 Å². The molecule has 3 rings (SSSR count). The molecule has 0 N–H and O–H groups in total. The van der Waals surface area contributed by atoms with Gasteiger partial charge in [0.25, 0.3) is 0 Å². The van der Waals surface area contributed by atoms with Gasteiger partial charge >= 0.3 is 6.18 Å². The van der Waals surface area contributed by atoms with Crippen molar-refractivity contribution in [2.45, 2.75) is 19.0 Å². The van der Waals surface area contributed by atoms with E-state index in [1.165, 1.54) is 12.3 Å². The summed E-state index contributed by atoms with van der Waals surface area (Å²) in [6.07, 6.45) is 0.725. The Morgan fingerprint density at radius 1 is 1.24 bits per heavy atom. The van der Waals surface area contributed by atoms with Gasteiger partial charge in [0.1, 0.15) is 0 Å². The van der Waals surface area contributed by atoms with Crippen molar-refractivity contribution in [2.75, 3.05) is 26.3 Å². The quantitative estimate of drug-likeness (QED) is 0.576. The molecule has 0 amide bonds. The predicted octanol–water partition coefficient (Wildman–Crippen LogP) is 4.45. The molecule has 0 aromatic carbocycles. The van der Waals surface area contributed by atoms with Crippen LogP contribution in [0.1, 0.15) is 18.4 Å². The fraction of sp³-hybridized carbons (Fsp3) is 0.471. The van der Waals surface area contributed by atoms with Gasteiger partial charge in [0.05, 0.1) is 10.6 Å². The molecule has 3 heterocycles. The van der Waals surface area contributed by atoms with E-state index in [0.717, 1.165) is 25.0 Å². The zero-order chi connectivity index (χ0) is 18.0. The fourth-order valence-corrected chi connectivity index (χ4v) is 3.29. The van der Waals surface area contributed by atoms with E-state index >= 15 is 0 Å². The fourth-order valence-electron chi connectivity index (χ4n) is 3.09. The van der Waals surface area contributed by atoms with Gasteiger partial charge in [-0.2, -0.15) is 17.6 Å². The minimum Gasteiger partial charge on any atom is -0.381 e. The summed E-state index contributed by atoms with van der Waals surface area (Å²) in [5, 5.41) is 0.202. The molecule has 0 spiro atoms. The van der Waals surface area contributed by atoms with Gasteiger partial charge in [-0.15, -0.1) is 0 Å². The summed E-state index contributed by atoms with van der Waals surface area (Å²) in [5.74, 6) is -0.507. The van der Waals surface area contributed by atoms with Crippen LogP contribution in [-0.2, 0) is 4.74 Å². The Morgan fingerprint density at radius 2 is 1.96 bits per heavy atom. The molecule has 0 aliphatic carbocycles. The van der Waals surface area contributed by atoms with Gasteiger partial charge in [0, 0.05) is 49.8 Å². The second-order valence-electron chi connectivity index (χ2n) is 6.16. The number of halogens is 5. The number of aromatic nitrogens is 1. The molecule has 25 heavy (non-hydrogen) atoms. The highest BCUT2D eigenvalue weighted by molar-refractivity contribution is 6.32. The second-order valence-corrected chi connectivity index (χ2v) is 6.57. The van der Waals surface area contributed by atoms with E-state index in [-0.39, 0.29) is 17.5 Å². The third kappa shape index (κ3) is 4.33. The lowest BCUT2D eigenvalue weighted by Gasteiger charge is -2.36. The van der Waals surface area contributed by atoms with Crippen LogP contribution >= 0.6 is 11.6 Å². The molecule has 0 unspecified atom stereocenters. The predicted molar refractivity (Wildman–Crippen MR) is 86.4 cm³/mol. The van der Waals surface area contributed by atoms with Crippen molar-refractivity contribution in [3.63, 3.8) is 0 Å². The number of pyridine rings is 1. The molecule has 2 aliphatic heterocycles. The second kappa shape index (κ2) is 7.33. The normalized spacial score (nSPS) is 19.6. The van der Waals surface area contributed by atoms with E-state index in [4.69, 9.17) is 16.3 Å². The number of nitrogens with zero attached hydrogens (tertiary/aromatic N) is 2. The number of allylic oxidation sites excluding steroid dienone is 2. The number of ether oxygens (including phenoxy) is 1. The SMILES string of the molecule is Fc1cc(C2=CC=C(C(F)(F)F)CN2CC2CCOCC2)c(Cl)cn1. The van der Waals surface area contributed by atoms with E-state index < -0.39 is 17.7 Å². The van der Waals surface area contributed by atoms with Gasteiger partial charge in [0.15, 0.2) is 0 Å². The molecule has 1 fully saturated rings. The van der Waals surface area contributed by atoms with Crippen LogP contribution < -0.4 is 0 Å². The third-order valence-electron chi connectivity index (χ3n) is 4.43. The zero-order valence-corrected chi connectivity index (χ0v) is 14.1. The van der Waals surface area contributed by atoms with Crippen LogP contribution in [0.15, 0.2) is 30.0 Å². The van der Waals surface area contributed by atoms with E-state index in [0.29, 0.717) is 31.0 Å². The molecule has 0 atom stereocenters. The molecule has 8 heteroatoms. The molecule has 1 saturated heterocycles. The van der Waals surface area contributed by atoms with Crippen molar-refractivity contribution in [3.8, 4) is 0 Å².